The first kappa shape index (κ1) is 39.9. The molecule has 4 heavy (non-hydrogen) atoms. The Labute approximate surface area is 63.9 Å². The van der Waals surface area contributed by atoms with Gasteiger partial charge in [-0.15, -0.1) is 0 Å². The fraction of sp³-hybridized carbons (Fsp3) is 0. The summed E-state index contributed by atoms with van der Waals surface area (Å²) in [7, 11) is 0. The van der Waals surface area contributed by atoms with Crippen LogP contribution in [0.5, 0.6) is 0 Å². The SMILES string of the molecule is [AlH3].[LiH].[Mn].[SiH4]. The zero-order valence-electron chi connectivity index (χ0n) is 0.378. The van der Waals surface area contributed by atoms with Crippen LogP contribution >= 0.6 is 0 Å². The minimum Gasteiger partial charge on any atom is -0.0149 e. The van der Waals surface area contributed by atoms with E-state index in [9.17, 15) is 0 Å². The van der Waals surface area contributed by atoms with Crippen molar-refractivity contribution >= 4 is 47.2 Å². The van der Waals surface area contributed by atoms with Gasteiger partial charge in [-0.2, -0.15) is 0 Å². The molecular formula is H8AlLiMnSi. The fourth-order valence-electron chi connectivity index (χ4n) is 0. The Hall–Kier alpha value is 1.87. The molecule has 0 N–H and O–H groups in total. The summed E-state index contributed by atoms with van der Waals surface area (Å²) >= 11 is 0. The van der Waals surface area contributed by atoms with Gasteiger partial charge in [-0.1, -0.05) is 0 Å². The van der Waals surface area contributed by atoms with Gasteiger partial charge in [0, 0.05) is 17.1 Å². The normalized spacial score (nSPS) is 0. The second-order valence-electron chi connectivity index (χ2n) is 0. The first-order valence-corrected chi connectivity index (χ1v) is 0. The zero-order chi connectivity index (χ0) is 0. The first-order chi connectivity index (χ1) is 0. The topological polar surface area (TPSA) is 0 Å². The van der Waals surface area contributed by atoms with Crippen LogP contribution < -0.4 is 0 Å². The third-order valence-corrected chi connectivity index (χ3v) is 0. The van der Waals surface area contributed by atoms with E-state index in [0.29, 0.717) is 0 Å². The summed E-state index contributed by atoms with van der Waals surface area (Å²) < 4.78 is 0. The molecule has 0 saturated heterocycles. The molecule has 0 heterocycles. The van der Waals surface area contributed by atoms with Crippen molar-refractivity contribution in [3.05, 3.63) is 0 Å². The molecule has 23 valence electrons. The van der Waals surface area contributed by atoms with Gasteiger partial charge >= 0.3 is 18.9 Å². The van der Waals surface area contributed by atoms with Crippen LogP contribution in [0, 0.1) is 0 Å². The Morgan fingerprint density at radius 3 is 1.00 bits per heavy atom. The molecule has 1 radical (unpaired) electrons. The maximum absolute atomic E-state index is 0. The summed E-state index contributed by atoms with van der Waals surface area (Å²) in [6.45, 7) is 0. The van der Waals surface area contributed by atoms with Gasteiger partial charge in [0.05, 0.1) is 0 Å². The quantitative estimate of drug-likeness (QED) is 0.298. The van der Waals surface area contributed by atoms with Crippen LogP contribution in [0.4, 0.5) is 0 Å². The summed E-state index contributed by atoms with van der Waals surface area (Å²) in [5.41, 5.74) is 0. The van der Waals surface area contributed by atoms with Crippen molar-refractivity contribution in [2.75, 3.05) is 0 Å². The maximum Gasteiger partial charge on any atom is 0 e. The van der Waals surface area contributed by atoms with Gasteiger partial charge in [0.15, 0.2) is 17.4 Å². The molecule has 0 spiro atoms. The molecular weight excluding hydrogens is 117 g/mol. The van der Waals surface area contributed by atoms with Crippen LogP contribution in [0.2, 0.25) is 0 Å². The molecule has 0 amide bonds. The van der Waals surface area contributed by atoms with E-state index in [2.05, 4.69) is 0 Å². The number of hydrogen-bond donors (Lipinski definition) is 0. The molecule has 0 rings (SSSR count). The summed E-state index contributed by atoms with van der Waals surface area (Å²) in [6, 6.07) is 0. The van der Waals surface area contributed by atoms with Crippen LogP contribution in [0.15, 0.2) is 0 Å². The van der Waals surface area contributed by atoms with Gasteiger partial charge in [-0.05, 0) is 11.0 Å². The monoisotopic (exact) mass is 125 g/mol. The van der Waals surface area contributed by atoms with Gasteiger partial charge in [-0.3, -0.25) is 0 Å². The predicted molar refractivity (Wildman–Crippen MR) is 28.4 cm³/mol. The van der Waals surface area contributed by atoms with E-state index < -0.39 is 0 Å². The van der Waals surface area contributed by atoms with Crippen molar-refractivity contribution in [1.82, 2.24) is 0 Å². The van der Waals surface area contributed by atoms with Crippen molar-refractivity contribution in [3.63, 3.8) is 0 Å². The molecule has 0 aliphatic rings. The van der Waals surface area contributed by atoms with Crippen molar-refractivity contribution in [3.8, 4) is 0 Å². The smallest absolute Gasteiger partial charge is 0 e. The molecule has 0 unspecified atom stereocenters. The van der Waals surface area contributed by atoms with Crippen molar-refractivity contribution < 1.29 is 17.1 Å². The van der Waals surface area contributed by atoms with Crippen molar-refractivity contribution in [1.29, 1.82) is 0 Å². The zero-order valence-corrected chi connectivity index (χ0v) is 1.56. The minimum absolute atomic E-state index is 0. The summed E-state index contributed by atoms with van der Waals surface area (Å²) in [4.78, 5) is 0. The van der Waals surface area contributed by atoms with Gasteiger partial charge in [-0.25, -0.2) is 0 Å². The predicted octanol–water partition coefficient (Wildman–Crippen LogP) is -3.29. The molecule has 0 bridgehead atoms. The van der Waals surface area contributed by atoms with Crippen LogP contribution in [-0.2, 0) is 17.1 Å². The van der Waals surface area contributed by atoms with E-state index in [1.165, 1.54) is 0 Å². The van der Waals surface area contributed by atoms with E-state index in [0.717, 1.165) is 0 Å². The fourth-order valence-corrected chi connectivity index (χ4v) is 0. The Bertz CT molecular complexity index is 8.00. The maximum atomic E-state index is 0. The van der Waals surface area contributed by atoms with E-state index in [1.54, 1.807) is 0 Å². The largest absolute Gasteiger partial charge is 0.0149 e. The Morgan fingerprint density at radius 2 is 1.00 bits per heavy atom. The first-order valence-electron chi connectivity index (χ1n) is 0. The molecule has 0 atom stereocenters. The standard InChI is InChI=1S/Al.Li.Mn.H4Si.4H/h;;;1H4;;;;. The Balaban J connectivity index is 0. The second kappa shape index (κ2) is 20.9. The second-order valence-corrected chi connectivity index (χ2v) is 0. The van der Waals surface area contributed by atoms with Crippen molar-refractivity contribution in [2.45, 2.75) is 0 Å². The molecule has 0 aliphatic heterocycles. The summed E-state index contributed by atoms with van der Waals surface area (Å²) in [6.07, 6.45) is 0. The van der Waals surface area contributed by atoms with Crippen LogP contribution in [0.25, 0.3) is 0 Å². The average molecular weight is 125 g/mol. The van der Waals surface area contributed by atoms with Gasteiger partial charge in [0.25, 0.3) is 0 Å². The molecule has 0 aliphatic carbocycles. The van der Waals surface area contributed by atoms with Gasteiger partial charge < -0.3 is 0 Å². The van der Waals surface area contributed by atoms with E-state index in [1.807, 2.05) is 0 Å². The van der Waals surface area contributed by atoms with E-state index >= 15 is 0 Å². The molecule has 0 saturated carbocycles. The summed E-state index contributed by atoms with van der Waals surface area (Å²) in [5, 5.41) is 0. The van der Waals surface area contributed by atoms with Gasteiger partial charge in [0.2, 0.25) is 0 Å². The average Bonchev–Trinajstić information content (AvgIpc) is 0. The molecule has 0 fully saturated rings. The van der Waals surface area contributed by atoms with Crippen LogP contribution in [0.1, 0.15) is 0 Å². The number of hydrogen-bond acceptors (Lipinski definition) is 0. The van der Waals surface area contributed by atoms with Crippen LogP contribution in [-0.4, -0.2) is 47.2 Å². The Kier molecular flexibility index (Phi) is 208. The summed E-state index contributed by atoms with van der Waals surface area (Å²) in [5.74, 6) is 0. The molecule has 4 heteroatoms. The van der Waals surface area contributed by atoms with Crippen molar-refractivity contribution in [2.24, 2.45) is 0 Å². The third kappa shape index (κ3) is 9.12. The molecule has 0 aromatic carbocycles. The minimum atomic E-state index is 0. The van der Waals surface area contributed by atoms with E-state index in [-0.39, 0.29) is 64.3 Å². The Morgan fingerprint density at radius 1 is 1.00 bits per heavy atom. The van der Waals surface area contributed by atoms with Crippen LogP contribution in [0.3, 0.4) is 0 Å². The molecule has 0 aromatic rings. The number of rotatable bonds is 0. The van der Waals surface area contributed by atoms with E-state index in [4.69, 9.17) is 0 Å². The van der Waals surface area contributed by atoms with Gasteiger partial charge in [0.1, 0.15) is 0 Å². The molecule has 0 nitrogen and oxygen atoms in total. The third-order valence-electron chi connectivity index (χ3n) is 0. The molecule has 0 aromatic heterocycles.